The molecule has 0 N–H and O–H groups in total. The van der Waals surface area contributed by atoms with Crippen molar-refractivity contribution in [3.05, 3.63) is 35.5 Å². The monoisotopic (exact) mass is 386 g/mol. The average molecular weight is 386 g/mol. The lowest BCUT2D eigenvalue weighted by Gasteiger charge is -2.36. The molecule has 0 aliphatic carbocycles. The minimum atomic E-state index is -0.884. The third-order valence-corrected chi connectivity index (χ3v) is 4.80. The highest BCUT2D eigenvalue weighted by atomic mass is 16.5. The first-order valence-electron chi connectivity index (χ1n) is 9.39. The van der Waals surface area contributed by atoms with Crippen molar-refractivity contribution in [1.29, 1.82) is 0 Å². The molecule has 1 amide bonds. The van der Waals surface area contributed by atoms with Gasteiger partial charge < -0.3 is 19.1 Å². The molecule has 28 heavy (non-hydrogen) atoms. The summed E-state index contributed by atoms with van der Waals surface area (Å²) in [4.78, 5) is 31.6. The summed E-state index contributed by atoms with van der Waals surface area (Å²) >= 11 is 0. The number of ether oxygens (including phenoxy) is 3. The molecule has 3 atom stereocenters. The molecule has 2 aromatic rings. The lowest BCUT2D eigenvalue weighted by molar-refractivity contribution is -0.151. The number of aryl methyl sites for hydroxylation is 1. The average Bonchev–Trinajstić information content (AvgIpc) is 2.65. The van der Waals surface area contributed by atoms with Gasteiger partial charge in [-0.3, -0.25) is 9.78 Å². The molecule has 3 rings (SSSR count). The van der Waals surface area contributed by atoms with E-state index in [-0.39, 0.29) is 18.1 Å². The first-order valence-corrected chi connectivity index (χ1v) is 9.39. The highest BCUT2D eigenvalue weighted by molar-refractivity contribution is 5.96. The zero-order valence-electron chi connectivity index (χ0n) is 16.9. The summed E-state index contributed by atoms with van der Waals surface area (Å²) in [6.45, 7) is 8.16. The first-order chi connectivity index (χ1) is 13.3. The fourth-order valence-electron chi connectivity index (χ4n) is 3.47. The van der Waals surface area contributed by atoms with E-state index in [1.807, 2.05) is 32.0 Å². The Kier molecular flexibility index (Phi) is 5.84. The Morgan fingerprint density at radius 2 is 1.89 bits per heavy atom. The maximum Gasteiger partial charge on any atom is 0.340 e. The predicted octanol–water partition coefficient (Wildman–Crippen LogP) is 2.73. The van der Waals surface area contributed by atoms with Crippen molar-refractivity contribution in [2.45, 2.75) is 46.0 Å². The SMILES string of the molecule is COc1ccc2nc(C)c(C(=O)O[C@H](C)C(=O)N3C[C@@H](C)O[C@@H](C)C3)cc2c1. The van der Waals surface area contributed by atoms with Gasteiger partial charge in [0.1, 0.15) is 5.75 Å². The van der Waals surface area contributed by atoms with Gasteiger partial charge in [-0.2, -0.15) is 0 Å². The van der Waals surface area contributed by atoms with Gasteiger partial charge in [-0.05, 0) is 52.0 Å². The van der Waals surface area contributed by atoms with Gasteiger partial charge in [0.05, 0.1) is 36.1 Å². The topological polar surface area (TPSA) is 78.0 Å². The lowest BCUT2D eigenvalue weighted by atomic mass is 10.1. The molecule has 0 bridgehead atoms. The summed E-state index contributed by atoms with van der Waals surface area (Å²) in [5.74, 6) is -0.107. The Morgan fingerprint density at radius 1 is 1.21 bits per heavy atom. The van der Waals surface area contributed by atoms with Crippen molar-refractivity contribution >= 4 is 22.8 Å². The molecular weight excluding hydrogens is 360 g/mol. The lowest BCUT2D eigenvalue weighted by Crippen LogP contribution is -2.51. The molecular formula is C21H26N2O5. The van der Waals surface area contributed by atoms with Crippen LogP contribution >= 0.6 is 0 Å². The molecule has 0 spiro atoms. The number of methoxy groups -OCH3 is 1. The van der Waals surface area contributed by atoms with Gasteiger partial charge >= 0.3 is 5.97 Å². The molecule has 2 heterocycles. The summed E-state index contributed by atoms with van der Waals surface area (Å²) < 4.78 is 16.3. The molecule has 1 fully saturated rings. The minimum Gasteiger partial charge on any atom is -0.497 e. The summed E-state index contributed by atoms with van der Waals surface area (Å²) in [6.07, 6.45) is -0.972. The van der Waals surface area contributed by atoms with Gasteiger partial charge in [-0.25, -0.2) is 4.79 Å². The molecule has 0 radical (unpaired) electrons. The minimum absolute atomic E-state index is 0.0440. The van der Waals surface area contributed by atoms with E-state index in [0.717, 1.165) is 10.9 Å². The molecule has 7 nitrogen and oxygen atoms in total. The van der Waals surface area contributed by atoms with E-state index >= 15 is 0 Å². The molecule has 1 aromatic heterocycles. The third-order valence-electron chi connectivity index (χ3n) is 4.80. The smallest absolute Gasteiger partial charge is 0.340 e. The number of amides is 1. The van der Waals surface area contributed by atoms with Gasteiger partial charge in [0.2, 0.25) is 0 Å². The number of morpholine rings is 1. The van der Waals surface area contributed by atoms with E-state index in [2.05, 4.69) is 4.98 Å². The maximum absolute atomic E-state index is 12.7. The van der Waals surface area contributed by atoms with Gasteiger partial charge in [-0.1, -0.05) is 0 Å². The van der Waals surface area contributed by atoms with Crippen molar-refractivity contribution in [1.82, 2.24) is 9.88 Å². The van der Waals surface area contributed by atoms with E-state index in [1.165, 1.54) is 0 Å². The van der Waals surface area contributed by atoms with Crippen LogP contribution in [0.4, 0.5) is 0 Å². The quantitative estimate of drug-likeness (QED) is 0.752. The van der Waals surface area contributed by atoms with E-state index < -0.39 is 12.1 Å². The standard InChI is InChI=1S/C21H26N2O5/c1-12-10-23(11-13(2)27-12)20(24)15(4)28-21(25)18-9-16-8-17(26-5)6-7-19(16)22-14(18)3/h6-9,12-13,15H,10-11H2,1-5H3/t12-,13+,15-/m1/s1. The van der Waals surface area contributed by atoms with Crippen molar-refractivity contribution in [2.75, 3.05) is 20.2 Å². The number of fused-ring (bicyclic) bond motifs is 1. The van der Waals surface area contributed by atoms with Gasteiger partial charge in [-0.15, -0.1) is 0 Å². The van der Waals surface area contributed by atoms with Crippen molar-refractivity contribution in [3.63, 3.8) is 0 Å². The Morgan fingerprint density at radius 3 is 2.54 bits per heavy atom. The van der Waals surface area contributed by atoms with Crippen molar-refractivity contribution in [3.8, 4) is 5.75 Å². The van der Waals surface area contributed by atoms with Crippen LogP contribution < -0.4 is 4.74 Å². The third kappa shape index (κ3) is 4.25. The van der Waals surface area contributed by atoms with E-state index in [9.17, 15) is 9.59 Å². The van der Waals surface area contributed by atoms with Crippen LogP contribution in [0, 0.1) is 6.92 Å². The summed E-state index contributed by atoms with van der Waals surface area (Å²) in [5, 5.41) is 0.770. The molecule has 7 heteroatoms. The maximum atomic E-state index is 12.7. The molecule has 1 aromatic carbocycles. The van der Waals surface area contributed by atoms with Crippen LogP contribution in [0.3, 0.4) is 0 Å². The number of aromatic nitrogens is 1. The second-order valence-corrected chi connectivity index (χ2v) is 7.23. The van der Waals surface area contributed by atoms with Crippen LogP contribution in [0.25, 0.3) is 10.9 Å². The van der Waals surface area contributed by atoms with E-state index in [4.69, 9.17) is 14.2 Å². The number of nitrogens with zero attached hydrogens (tertiary/aromatic N) is 2. The van der Waals surface area contributed by atoms with Crippen LogP contribution in [0.1, 0.15) is 36.8 Å². The van der Waals surface area contributed by atoms with E-state index in [1.54, 1.807) is 31.9 Å². The Bertz CT molecular complexity index is 888. The molecule has 150 valence electrons. The normalized spacial score (nSPS) is 20.7. The number of hydrogen-bond acceptors (Lipinski definition) is 6. The summed E-state index contributed by atoms with van der Waals surface area (Å²) in [7, 11) is 1.58. The van der Waals surface area contributed by atoms with Gasteiger partial charge in [0.25, 0.3) is 5.91 Å². The molecule has 1 aliphatic heterocycles. The second kappa shape index (κ2) is 8.14. The highest BCUT2D eigenvalue weighted by Crippen LogP contribution is 2.23. The number of esters is 1. The fraction of sp³-hybridized carbons (Fsp3) is 0.476. The predicted molar refractivity (Wildman–Crippen MR) is 104 cm³/mol. The first kappa shape index (κ1) is 20.1. The van der Waals surface area contributed by atoms with E-state index in [0.29, 0.717) is 30.1 Å². The van der Waals surface area contributed by atoms with Crippen LogP contribution in [0.5, 0.6) is 5.75 Å². The molecule has 1 saturated heterocycles. The van der Waals surface area contributed by atoms with Gasteiger partial charge in [0.15, 0.2) is 6.10 Å². The highest BCUT2D eigenvalue weighted by Gasteiger charge is 2.31. The van der Waals surface area contributed by atoms with Gasteiger partial charge in [0, 0.05) is 18.5 Å². The number of pyridine rings is 1. The van der Waals surface area contributed by atoms with Crippen LogP contribution in [-0.2, 0) is 14.3 Å². The zero-order chi connectivity index (χ0) is 20.4. The molecule has 1 aliphatic rings. The number of hydrogen-bond donors (Lipinski definition) is 0. The second-order valence-electron chi connectivity index (χ2n) is 7.23. The molecule has 0 unspecified atom stereocenters. The Labute approximate surface area is 164 Å². The van der Waals surface area contributed by atoms with Crippen molar-refractivity contribution < 1.29 is 23.8 Å². The fourth-order valence-corrected chi connectivity index (χ4v) is 3.47. The number of rotatable bonds is 4. The van der Waals surface area contributed by atoms with Crippen LogP contribution in [0.15, 0.2) is 24.3 Å². The van der Waals surface area contributed by atoms with Crippen LogP contribution in [0.2, 0.25) is 0 Å². The molecule has 0 saturated carbocycles. The summed E-state index contributed by atoms with van der Waals surface area (Å²) in [5.41, 5.74) is 1.65. The zero-order valence-corrected chi connectivity index (χ0v) is 16.9. The Balaban J connectivity index is 1.76. The largest absolute Gasteiger partial charge is 0.497 e. The number of benzene rings is 1. The summed E-state index contributed by atoms with van der Waals surface area (Å²) in [6, 6.07) is 7.18. The van der Waals surface area contributed by atoms with Crippen LogP contribution in [-0.4, -0.2) is 60.3 Å². The van der Waals surface area contributed by atoms with Crippen molar-refractivity contribution in [2.24, 2.45) is 0 Å². The number of carbonyl (C=O) groups is 2. The number of carbonyl (C=O) groups excluding carboxylic acids is 2. The Hall–Kier alpha value is -2.67.